The Bertz CT molecular complexity index is 1630. The normalized spacial score (nSPS) is 22.2. The Labute approximate surface area is 250 Å². The van der Waals surface area contributed by atoms with Gasteiger partial charge in [0, 0.05) is 29.3 Å². The van der Waals surface area contributed by atoms with E-state index in [9.17, 15) is 23.3 Å². The molecular formula is C28H31ClF2N3O8P. The van der Waals surface area contributed by atoms with Gasteiger partial charge in [-0.15, -0.1) is 0 Å². The summed E-state index contributed by atoms with van der Waals surface area (Å²) in [5.74, 6) is -1.20. The van der Waals surface area contributed by atoms with E-state index in [4.69, 9.17) is 30.1 Å². The Morgan fingerprint density at radius 1 is 1.21 bits per heavy atom. The van der Waals surface area contributed by atoms with Crippen molar-refractivity contribution in [1.82, 2.24) is 14.6 Å². The highest BCUT2D eigenvalue weighted by atomic mass is 35.5. The van der Waals surface area contributed by atoms with Crippen molar-refractivity contribution >= 4 is 25.3 Å². The fraction of sp³-hybridized carbons (Fsp3) is 0.393. The number of aromatic amines is 1. The fourth-order valence-corrected chi connectivity index (χ4v) is 6.12. The second kappa shape index (κ2) is 13.1. The first kappa shape index (κ1) is 32.6. The third-order valence-corrected chi connectivity index (χ3v) is 8.26. The van der Waals surface area contributed by atoms with Crippen LogP contribution in [0.4, 0.5) is 8.78 Å². The van der Waals surface area contributed by atoms with Gasteiger partial charge in [0.05, 0.1) is 18.8 Å². The number of hydrogen-bond acceptors (Lipinski definition) is 8. The molecule has 0 bridgehead atoms. The van der Waals surface area contributed by atoms with Crippen LogP contribution in [0.5, 0.6) is 5.75 Å². The maximum absolute atomic E-state index is 15.5. The number of aromatic nitrogens is 2. The summed E-state index contributed by atoms with van der Waals surface area (Å²) in [5, 5.41) is 2.77. The quantitative estimate of drug-likeness (QED) is 0.215. The average Bonchev–Trinajstić information content (AvgIpc) is 3.21. The predicted octanol–water partition coefficient (Wildman–Crippen LogP) is 5.15. The van der Waals surface area contributed by atoms with Crippen LogP contribution >= 0.6 is 19.3 Å². The molecule has 5 atom stereocenters. The minimum absolute atomic E-state index is 0.0544. The minimum Gasteiger partial charge on any atom is -0.462 e. The molecule has 1 fully saturated rings. The number of nitrogens with zero attached hydrogens (tertiary/aromatic N) is 1. The molecule has 0 radical (unpaired) electrons. The van der Waals surface area contributed by atoms with Gasteiger partial charge in [-0.25, -0.2) is 18.1 Å². The summed E-state index contributed by atoms with van der Waals surface area (Å²) in [6.45, 7) is 5.46. The molecule has 15 heteroatoms. The lowest BCUT2D eigenvalue weighted by Gasteiger charge is -2.24. The van der Waals surface area contributed by atoms with Crippen molar-refractivity contribution in [2.24, 2.45) is 0 Å². The Morgan fingerprint density at radius 2 is 1.91 bits per heavy atom. The Kier molecular flexibility index (Phi) is 9.93. The number of halogens is 3. The monoisotopic (exact) mass is 641 g/mol. The summed E-state index contributed by atoms with van der Waals surface area (Å²) >= 11 is 5.84. The highest BCUT2D eigenvalue weighted by Crippen LogP contribution is 2.47. The largest absolute Gasteiger partial charge is 0.462 e. The predicted molar refractivity (Wildman–Crippen MR) is 154 cm³/mol. The highest BCUT2D eigenvalue weighted by Gasteiger charge is 2.48. The van der Waals surface area contributed by atoms with Crippen molar-refractivity contribution in [2.45, 2.75) is 64.3 Å². The van der Waals surface area contributed by atoms with Crippen LogP contribution in [0.25, 0.3) is 11.1 Å². The SMILES string of the molecule is CC(C)OC(=O)[C@H](C)NP(=O)(OC[C@@H]1C[C@@](C)(F)[C@H](n2ccc(=O)[nH]c2=O)O1)Oc1ccc(-c2ccc(Cl)cc2F)cc1. The van der Waals surface area contributed by atoms with Gasteiger partial charge in [-0.1, -0.05) is 23.7 Å². The molecule has 1 aromatic heterocycles. The second-order valence-corrected chi connectivity index (χ2v) is 12.6. The lowest BCUT2D eigenvalue weighted by molar-refractivity contribution is -0.149. The van der Waals surface area contributed by atoms with Crippen molar-refractivity contribution in [2.75, 3.05) is 6.61 Å². The summed E-state index contributed by atoms with van der Waals surface area (Å²) in [5.41, 5.74) is -2.81. The molecule has 4 rings (SSSR count). The molecule has 232 valence electrons. The average molecular weight is 642 g/mol. The van der Waals surface area contributed by atoms with Gasteiger partial charge in [0.25, 0.3) is 5.56 Å². The summed E-state index contributed by atoms with van der Waals surface area (Å²) in [6.07, 6.45) is -1.98. The van der Waals surface area contributed by atoms with E-state index in [0.29, 0.717) is 5.56 Å². The number of carbonyl (C=O) groups excluding carboxylic acids is 1. The number of esters is 1. The van der Waals surface area contributed by atoms with Gasteiger partial charge in [0.1, 0.15) is 17.6 Å². The lowest BCUT2D eigenvalue weighted by Crippen LogP contribution is -2.38. The first-order valence-corrected chi connectivity index (χ1v) is 15.2. The molecule has 11 nitrogen and oxygen atoms in total. The maximum atomic E-state index is 15.5. The molecule has 1 unspecified atom stereocenters. The molecule has 43 heavy (non-hydrogen) atoms. The van der Waals surface area contributed by atoms with Crippen LogP contribution < -0.4 is 20.9 Å². The summed E-state index contributed by atoms with van der Waals surface area (Å²) in [4.78, 5) is 38.2. The topological polar surface area (TPSA) is 138 Å². The summed E-state index contributed by atoms with van der Waals surface area (Å²) in [7, 11) is -4.36. The second-order valence-electron chi connectivity index (χ2n) is 10.5. The number of nitrogens with one attached hydrogen (secondary N) is 2. The first-order valence-electron chi connectivity index (χ1n) is 13.3. The zero-order valence-electron chi connectivity index (χ0n) is 23.7. The van der Waals surface area contributed by atoms with Gasteiger partial charge in [0.2, 0.25) is 0 Å². The first-order chi connectivity index (χ1) is 20.2. The number of H-pyrrole nitrogens is 1. The molecule has 1 aliphatic heterocycles. The van der Waals surface area contributed by atoms with E-state index in [0.717, 1.165) is 16.8 Å². The fourth-order valence-electron chi connectivity index (χ4n) is 4.44. The summed E-state index contributed by atoms with van der Waals surface area (Å²) < 4.78 is 66.9. The smallest absolute Gasteiger partial charge is 0.459 e. The molecule has 2 aromatic carbocycles. The molecule has 0 spiro atoms. The Balaban J connectivity index is 1.53. The number of rotatable bonds is 11. The van der Waals surface area contributed by atoms with Crippen LogP contribution in [0.15, 0.2) is 64.3 Å². The van der Waals surface area contributed by atoms with E-state index < -0.39 is 67.5 Å². The number of ether oxygens (including phenoxy) is 2. The third kappa shape index (κ3) is 8.18. The van der Waals surface area contributed by atoms with E-state index in [1.54, 1.807) is 19.9 Å². The van der Waals surface area contributed by atoms with Gasteiger partial charge >= 0.3 is 19.4 Å². The molecule has 0 amide bonds. The number of alkyl halides is 1. The van der Waals surface area contributed by atoms with E-state index in [2.05, 4.69) is 5.09 Å². The van der Waals surface area contributed by atoms with Crippen molar-refractivity contribution in [3.05, 3.63) is 86.4 Å². The van der Waals surface area contributed by atoms with Crippen LogP contribution in [-0.2, 0) is 23.4 Å². The molecular weight excluding hydrogens is 611 g/mol. The van der Waals surface area contributed by atoms with E-state index in [1.165, 1.54) is 50.2 Å². The molecule has 1 aliphatic rings. The van der Waals surface area contributed by atoms with Crippen molar-refractivity contribution in [3.8, 4) is 16.9 Å². The Morgan fingerprint density at radius 3 is 2.53 bits per heavy atom. The number of hydrogen-bond donors (Lipinski definition) is 2. The minimum atomic E-state index is -4.36. The van der Waals surface area contributed by atoms with Gasteiger partial charge in [-0.05, 0) is 63.6 Å². The summed E-state index contributed by atoms with van der Waals surface area (Å²) in [6, 6.07) is 10.1. The molecule has 0 saturated carbocycles. The van der Waals surface area contributed by atoms with Gasteiger partial charge < -0.3 is 14.0 Å². The lowest BCUT2D eigenvalue weighted by atomic mass is 10.0. The molecule has 0 aliphatic carbocycles. The van der Waals surface area contributed by atoms with E-state index in [1.807, 2.05) is 4.98 Å². The van der Waals surface area contributed by atoms with Crippen molar-refractivity contribution < 1.29 is 36.7 Å². The van der Waals surface area contributed by atoms with Crippen LogP contribution in [-0.4, -0.2) is 46.0 Å². The number of carbonyl (C=O) groups is 1. The van der Waals surface area contributed by atoms with Crippen LogP contribution in [0, 0.1) is 5.82 Å². The van der Waals surface area contributed by atoms with E-state index in [-0.39, 0.29) is 22.8 Å². The zero-order chi connectivity index (χ0) is 31.5. The molecule has 1 saturated heterocycles. The number of benzene rings is 2. The van der Waals surface area contributed by atoms with Crippen LogP contribution in [0.2, 0.25) is 5.02 Å². The third-order valence-electron chi connectivity index (χ3n) is 6.38. The van der Waals surface area contributed by atoms with Crippen LogP contribution in [0.1, 0.15) is 40.3 Å². The van der Waals surface area contributed by atoms with Gasteiger partial charge in [-0.2, -0.15) is 5.09 Å². The van der Waals surface area contributed by atoms with Crippen molar-refractivity contribution in [1.29, 1.82) is 0 Å². The maximum Gasteiger partial charge on any atom is 0.459 e. The van der Waals surface area contributed by atoms with Gasteiger partial charge in [0.15, 0.2) is 11.9 Å². The standard InChI is InChI=1S/C28H31ClF2N3O8P/c1-16(2)40-25(36)17(3)33-43(38,42-20-8-5-18(6-9-20)22-10-7-19(29)13-23(22)30)39-15-21-14-28(4,31)26(41-21)34-12-11-24(35)32-27(34)37/h5-13,16-17,21,26H,14-15H2,1-4H3,(H,33,38)(H,32,35,37)/t17-,21-,26+,28+,43?/m0/s1. The Hall–Kier alpha value is -3.35. The highest BCUT2D eigenvalue weighted by molar-refractivity contribution is 7.52. The molecule has 2 N–H and O–H groups in total. The van der Waals surface area contributed by atoms with Crippen molar-refractivity contribution in [3.63, 3.8) is 0 Å². The van der Waals surface area contributed by atoms with Crippen LogP contribution in [0.3, 0.4) is 0 Å². The zero-order valence-corrected chi connectivity index (χ0v) is 25.4. The van der Waals surface area contributed by atoms with Gasteiger partial charge in [-0.3, -0.25) is 23.7 Å². The molecule has 2 heterocycles. The van der Waals surface area contributed by atoms with E-state index >= 15 is 4.39 Å². The molecule has 3 aromatic rings.